The minimum Gasteiger partial charge on any atom is -0.387 e. The molecular weight excluding hydrogens is 235 g/mol. The molecule has 1 N–H and O–H groups in total. The molecule has 0 aliphatic rings. The van der Waals surface area contributed by atoms with Gasteiger partial charge in [0, 0.05) is 4.43 Å². The first kappa shape index (κ1) is 9.04. The van der Waals surface area contributed by atoms with Crippen molar-refractivity contribution in [3.05, 3.63) is 0 Å². The molecule has 0 amide bonds. The van der Waals surface area contributed by atoms with Gasteiger partial charge in [0.05, 0.1) is 12.5 Å². The zero-order valence-corrected chi connectivity index (χ0v) is 8.20. The highest BCUT2D eigenvalue weighted by molar-refractivity contribution is 14.1. The molecule has 0 fully saturated rings. The summed E-state index contributed by atoms with van der Waals surface area (Å²) in [5.41, 5.74) is 0. The quantitative estimate of drug-likeness (QED) is 0.441. The average molecular weight is 247 g/mol. The molecule has 0 aromatic rings. The second-order valence-corrected chi connectivity index (χ2v) is 5.15. The van der Waals surface area contributed by atoms with Crippen molar-refractivity contribution >= 4 is 33.5 Å². The molecule has 0 rings (SSSR count). The third-order valence-corrected chi connectivity index (χ3v) is 2.77. The van der Waals surface area contributed by atoms with Crippen molar-refractivity contribution in [3.63, 3.8) is 0 Å². The molecule has 8 heavy (non-hydrogen) atoms. The Kier molecular flexibility index (Phi) is 5.51. The van der Waals surface area contributed by atoms with E-state index in [1.807, 2.05) is 0 Å². The minimum atomic E-state index is -0.0751. The highest BCUT2D eigenvalue weighted by Crippen LogP contribution is 1.95. The second kappa shape index (κ2) is 4.88. The van der Waals surface area contributed by atoms with E-state index < -0.39 is 0 Å². The molecule has 50 valence electrons. The van der Waals surface area contributed by atoms with Gasteiger partial charge >= 0.3 is 0 Å². The number of hydrogen-bond acceptors (Lipinski definition) is 1. The van der Waals surface area contributed by atoms with Gasteiger partial charge in [-0.2, -0.15) is 0 Å². The minimum absolute atomic E-state index is 0.0751. The summed E-state index contributed by atoms with van der Waals surface area (Å²) in [6, 6.07) is 0. The maximum absolute atomic E-state index is 9.03. The van der Waals surface area contributed by atoms with Crippen molar-refractivity contribution in [2.45, 2.75) is 6.10 Å². The predicted octanol–water partition coefficient (Wildman–Crippen LogP) is 0.660. The van der Waals surface area contributed by atoms with Crippen LogP contribution in [0.1, 0.15) is 0 Å². The standard InChI is InChI=1S/C5H12IOS/c1-8(2)4-5(7)3-6/h5,7H,3-4H2,1-2H3/q+1. The first-order chi connectivity index (χ1) is 3.66. The topological polar surface area (TPSA) is 20.2 Å². The van der Waals surface area contributed by atoms with Gasteiger partial charge in [-0.3, -0.25) is 0 Å². The first-order valence-corrected chi connectivity index (χ1v) is 6.18. The van der Waals surface area contributed by atoms with Gasteiger partial charge in [-0.15, -0.1) is 0 Å². The highest BCUT2D eigenvalue weighted by Gasteiger charge is 2.09. The Bertz CT molecular complexity index is 58.4. The van der Waals surface area contributed by atoms with Crippen molar-refractivity contribution in [2.24, 2.45) is 0 Å². The van der Waals surface area contributed by atoms with Crippen LogP contribution in [0.15, 0.2) is 0 Å². The van der Waals surface area contributed by atoms with Crippen LogP contribution in [0.5, 0.6) is 0 Å². The smallest absolute Gasteiger partial charge is 0.134 e. The molecule has 0 saturated carbocycles. The van der Waals surface area contributed by atoms with Gasteiger partial charge in [-0.1, -0.05) is 22.6 Å². The fraction of sp³-hybridized carbons (Fsp3) is 1.00. The van der Waals surface area contributed by atoms with Crippen LogP contribution >= 0.6 is 22.6 Å². The van der Waals surface area contributed by atoms with E-state index in [0.717, 1.165) is 10.2 Å². The van der Waals surface area contributed by atoms with Gasteiger partial charge in [0.25, 0.3) is 0 Å². The van der Waals surface area contributed by atoms with Crippen LogP contribution in [0.4, 0.5) is 0 Å². The van der Waals surface area contributed by atoms with Crippen LogP contribution in [0, 0.1) is 0 Å². The van der Waals surface area contributed by atoms with Gasteiger partial charge in [0.15, 0.2) is 0 Å². The van der Waals surface area contributed by atoms with Crippen LogP contribution in [0.3, 0.4) is 0 Å². The van der Waals surface area contributed by atoms with E-state index in [-0.39, 0.29) is 6.10 Å². The predicted molar refractivity (Wildman–Crippen MR) is 49.0 cm³/mol. The number of aliphatic hydroxyl groups excluding tert-OH is 1. The molecule has 0 radical (unpaired) electrons. The fourth-order valence-electron chi connectivity index (χ4n) is 0.429. The van der Waals surface area contributed by atoms with Gasteiger partial charge < -0.3 is 5.11 Å². The summed E-state index contributed by atoms with van der Waals surface area (Å²) in [7, 11) is 0.400. The van der Waals surface area contributed by atoms with Crippen molar-refractivity contribution < 1.29 is 5.11 Å². The Morgan fingerprint density at radius 2 is 2.12 bits per heavy atom. The molecule has 1 unspecified atom stereocenters. The van der Waals surface area contributed by atoms with E-state index in [9.17, 15) is 0 Å². The monoisotopic (exact) mass is 247 g/mol. The number of halogens is 1. The summed E-state index contributed by atoms with van der Waals surface area (Å²) < 4.78 is 0.864. The molecule has 0 aliphatic heterocycles. The highest BCUT2D eigenvalue weighted by atomic mass is 127. The van der Waals surface area contributed by atoms with Crippen molar-refractivity contribution in [2.75, 3.05) is 22.7 Å². The van der Waals surface area contributed by atoms with Gasteiger partial charge in [-0.25, -0.2) is 0 Å². The van der Waals surface area contributed by atoms with Crippen LogP contribution in [-0.4, -0.2) is 33.9 Å². The average Bonchev–Trinajstić information content (AvgIpc) is 1.65. The van der Waals surface area contributed by atoms with E-state index in [1.54, 1.807) is 0 Å². The van der Waals surface area contributed by atoms with Crippen LogP contribution in [0.2, 0.25) is 0 Å². The van der Waals surface area contributed by atoms with E-state index in [0.29, 0.717) is 10.9 Å². The summed E-state index contributed by atoms with van der Waals surface area (Å²) in [6.07, 6.45) is 4.22. The Morgan fingerprint density at radius 1 is 1.62 bits per heavy atom. The summed E-state index contributed by atoms with van der Waals surface area (Å²) in [6.45, 7) is 0. The SMILES string of the molecule is C[S+](C)CC(O)CI. The van der Waals surface area contributed by atoms with Crippen LogP contribution in [0.25, 0.3) is 0 Å². The zero-order chi connectivity index (χ0) is 6.57. The third-order valence-electron chi connectivity index (χ3n) is 0.704. The lowest BCUT2D eigenvalue weighted by molar-refractivity contribution is 0.227. The van der Waals surface area contributed by atoms with Crippen LogP contribution < -0.4 is 0 Å². The molecule has 0 aromatic carbocycles. The first-order valence-electron chi connectivity index (χ1n) is 2.45. The second-order valence-electron chi connectivity index (χ2n) is 1.96. The summed E-state index contributed by atoms with van der Waals surface area (Å²) >= 11 is 2.20. The maximum Gasteiger partial charge on any atom is 0.134 e. The lowest BCUT2D eigenvalue weighted by Gasteiger charge is -2.01. The number of aliphatic hydroxyl groups is 1. The van der Waals surface area contributed by atoms with Gasteiger partial charge in [-0.05, 0) is 10.9 Å². The summed E-state index contributed by atoms with van der Waals surface area (Å²) in [4.78, 5) is 0. The molecule has 1 nitrogen and oxygen atoms in total. The fourth-order valence-corrected chi connectivity index (χ4v) is 2.05. The molecule has 0 spiro atoms. The lowest BCUT2D eigenvalue weighted by Crippen LogP contribution is -2.20. The normalized spacial score (nSPS) is 14.6. The van der Waals surface area contributed by atoms with Gasteiger partial charge in [0.2, 0.25) is 0 Å². The summed E-state index contributed by atoms with van der Waals surface area (Å²) in [5, 5.41) is 9.03. The number of alkyl halides is 1. The van der Waals surface area contributed by atoms with Gasteiger partial charge in [0.1, 0.15) is 11.9 Å². The molecule has 0 bridgehead atoms. The Morgan fingerprint density at radius 3 is 2.25 bits per heavy atom. The molecule has 0 saturated heterocycles. The zero-order valence-electron chi connectivity index (χ0n) is 5.22. The molecule has 0 aliphatic carbocycles. The Labute approximate surface area is 67.3 Å². The van der Waals surface area contributed by atoms with E-state index in [2.05, 4.69) is 35.1 Å². The largest absolute Gasteiger partial charge is 0.387 e. The molecule has 1 atom stereocenters. The number of hydrogen-bond donors (Lipinski definition) is 1. The van der Waals surface area contributed by atoms with Crippen molar-refractivity contribution in [1.29, 1.82) is 0 Å². The maximum atomic E-state index is 9.03. The van der Waals surface area contributed by atoms with Crippen LogP contribution in [-0.2, 0) is 10.9 Å². The Balaban J connectivity index is 3.10. The molecule has 0 aromatic heterocycles. The van der Waals surface area contributed by atoms with Crippen molar-refractivity contribution in [3.8, 4) is 0 Å². The van der Waals surface area contributed by atoms with Crippen molar-refractivity contribution in [1.82, 2.24) is 0 Å². The summed E-state index contributed by atoms with van der Waals surface area (Å²) in [5.74, 6) is 0.961. The lowest BCUT2D eigenvalue weighted by atomic mass is 10.5. The molecular formula is C5H12IOS+. The Hall–Kier alpha value is 1.04. The molecule has 0 heterocycles. The third kappa shape index (κ3) is 5.18. The number of rotatable bonds is 3. The van der Waals surface area contributed by atoms with E-state index >= 15 is 0 Å². The molecule has 3 heteroatoms. The van der Waals surface area contributed by atoms with E-state index in [1.165, 1.54) is 0 Å². The van der Waals surface area contributed by atoms with E-state index in [4.69, 9.17) is 5.11 Å².